The van der Waals surface area contributed by atoms with E-state index in [0.29, 0.717) is 60.8 Å². The molecule has 10 nitrogen and oxygen atoms in total. The maximum atomic E-state index is 12.8. The molecule has 1 saturated heterocycles. The summed E-state index contributed by atoms with van der Waals surface area (Å²) < 4.78 is 11.1. The van der Waals surface area contributed by atoms with Gasteiger partial charge in [-0.2, -0.15) is 5.26 Å². The van der Waals surface area contributed by atoms with E-state index >= 15 is 0 Å². The van der Waals surface area contributed by atoms with Crippen LogP contribution in [0.5, 0.6) is 11.5 Å². The van der Waals surface area contributed by atoms with Gasteiger partial charge in [-0.15, -0.1) is 0 Å². The molecule has 5 rings (SSSR count). The molecule has 32 heavy (non-hydrogen) atoms. The van der Waals surface area contributed by atoms with Gasteiger partial charge in [0.2, 0.25) is 5.91 Å². The van der Waals surface area contributed by atoms with Gasteiger partial charge < -0.3 is 25.4 Å². The smallest absolute Gasteiger partial charge is 0.241 e. The average Bonchev–Trinajstić information content (AvgIpc) is 3.32. The van der Waals surface area contributed by atoms with Gasteiger partial charge in [0.1, 0.15) is 25.0 Å². The van der Waals surface area contributed by atoms with E-state index in [1.807, 2.05) is 12.1 Å². The number of ether oxygens (including phenoxy) is 2. The summed E-state index contributed by atoms with van der Waals surface area (Å²) in [6, 6.07) is 7.04. The number of aromatic nitrogens is 3. The van der Waals surface area contributed by atoms with Crippen molar-refractivity contribution in [1.29, 1.82) is 5.26 Å². The standard InChI is InChI=1S/C22H21N7O3/c23-8-13-5-16-17(1-2-24-19(16)11-26-13)29-22(30)18-6-14(10-28-18)25-9-15-7-20-21(12-27-15)32-4-3-31-20/h1-2,5,7,11-12,14,18,25,28H,3-4,6,9-10H2,(H,24,29,30)/t14?,18-/m0/s1. The predicted molar refractivity (Wildman–Crippen MR) is 115 cm³/mol. The molecule has 1 unspecified atom stereocenters. The lowest BCUT2D eigenvalue weighted by molar-refractivity contribution is -0.117. The second kappa shape index (κ2) is 8.74. The number of anilines is 1. The summed E-state index contributed by atoms with van der Waals surface area (Å²) in [4.78, 5) is 25.5. The first-order chi connectivity index (χ1) is 15.7. The highest BCUT2D eigenvalue weighted by Gasteiger charge is 2.29. The number of hydrogen-bond acceptors (Lipinski definition) is 9. The highest BCUT2D eigenvalue weighted by Crippen LogP contribution is 2.29. The van der Waals surface area contributed by atoms with E-state index in [2.05, 4.69) is 30.9 Å². The van der Waals surface area contributed by atoms with Gasteiger partial charge in [0.25, 0.3) is 0 Å². The fourth-order valence-corrected chi connectivity index (χ4v) is 3.86. The molecule has 0 spiro atoms. The molecule has 1 fully saturated rings. The van der Waals surface area contributed by atoms with Gasteiger partial charge in [0.05, 0.1) is 35.3 Å². The summed E-state index contributed by atoms with van der Waals surface area (Å²) in [5.74, 6) is 1.25. The lowest BCUT2D eigenvalue weighted by atomic mass is 10.1. The number of carbonyl (C=O) groups is 1. The highest BCUT2D eigenvalue weighted by atomic mass is 16.6. The Morgan fingerprint density at radius 1 is 1.19 bits per heavy atom. The molecular weight excluding hydrogens is 410 g/mol. The van der Waals surface area contributed by atoms with Crippen molar-refractivity contribution in [2.24, 2.45) is 0 Å². The Balaban J connectivity index is 1.19. The zero-order valence-electron chi connectivity index (χ0n) is 17.2. The third-order valence-corrected chi connectivity index (χ3v) is 5.51. The zero-order valence-corrected chi connectivity index (χ0v) is 17.2. The van der Waals surface area contributed by atoms with Crippen molar-refractivity contribution in [3.05, 3.63) is 48.2 Å². The molecular formula is C22H21N7O3. The van der Waals surface area contributed by atoms with Crippen molar-refractivity contribution in [1.82, 2.24) is 25.6 Å². The third kappa shape index (κ3) is 4.16. The van der Waals surface area contributed by atoms with E-state index < -0.39 is 0 Å². The van der Waals surface area contributed by atoms with Gasteiger partial charge in [0, 0.05) is 36.8 Å². The number of pyridine rings is 3. The minimum Gasteiger partial charge on any atom is -0.486 e. The third-order valence-electron chi connectivity index (χ3n) is 5.51. The van der Waals surface area contributed by atoms with Gasteiger partial charge in [0.15, 0.2) is 11.5 Å². The van der Waals surface area contributed by atoms with Crippen LogP contribution in [0, 0.1) is 11.3 Å². The minimum absolute atomic E-state index is 0.129. The lowest BCUT2D eigenvalue weighted by Gasteiger charge is -2.19. The van der Waals surface area contributed by atoms with Crippen LogP contribution in [0.1, 0.15) is 17.8 Å². The van der Waals surface area contributed by atoms with Crippen molar-refractivity contribution in [2.75, 3.05) is 25.1 Å². The van der Waals surface area contributed by atoms with Crippen LogP contribution in [0.2, 0.25) is 0 Å². The number of amides is 1. The molecule has 2 aliphatic rings. The molecule has 0 bridgehead atoms. The predicted octanol–water partition coefficient (Wildman–Crippen LogP) is 1.13. The Morgan fingerprint density at radius 2 is 2.06 bits per heavy atom. The van der Waals surface area contributed by atoms with E-state index in [4.69, 9.17) is 14.7 Å². The van der Waals surface area contributed by atoms with E-state index in [1.54, 1.807) is 24.5 Å². The number of rotatable bonds is 5. The highest BCUT2D eigenvalue weighted by molar-refractivity contribution is 6.02. The zero-order chi connectivity index (χ0) is 21.9. The van der Waals surface area contributed by atoms with Crippen LogP contribution < -0.4 is 25.4 Å². The Bertz CT molecular complexity index is 1210. The molecule has 0 aliphatic carbocycles. The fraction of sp³-hybridized carbons (Fsp3) is 0.318. The van der Waals surface area contributed by atoms with Crippen LogP contribution in [0.3, 0.4) is 0 Å². The Kier molecular flexibility index (Phi) is 5.49. The van der Waals surface area contributed by atoms with E-state index in [9.17, 15) is 4.79 Å². The van der Waals surface area contributed by atoms with Crippen LogP contribution in [0.15, 0.2) is 36.8 Å². The summed E-state index contributed by atoms with van der Waals surface area (Å²) in [7, 11) is 0. The topological polar surface area (TPSA) is 134 Å². The van der Waals surface area contributed by atoms with Crippen molar-refractivity contribution in [3.8, 4) is 17.6 Å². The van der Waals surface area contributed by atoms with E-state index in [1.165, 1.54) is 6.20 Å². The normalized spacial score (nSPS) is 19.5. The SMILES string of the molecule is N#Cc1cc2c(NC(=O)[C@@H]3CC(NCc4cc5c(cn4)OCCO5)CN3)ccnc2cn1. The van der Waals surface area contributed by atoms with Crippen LogP contribution >= 0.6 is 0 Å². The van der Waals surface area contributed by atoms with Crippen LogP contribution in [-0.2, 0) is 11.3 Å². The lowest BCUT2D eigenvalue weighted by Crippen LogP contribution is -2.35. The molecule has 1 amide bonds. The first kappa shape index (κ1) is 20.1. The number of carbonyl (C=O) groups excluding carboxylic acids is 1. The van der Waals surface area contributed by atoms with E-state index in [-0.39, 0.29) is 23.7 Å². The largest absolute Gasteiger partial charge is 0.486 e. The number of nitrogens with zero attached hydrogens (tertiary/aromatic N) is 4. The molecule has 5 heterocycles. The molecule has 2 atom stereocenters. The summed E-state index contributed by atoms with van der Waals surface area (Å²) in [5.41, 5.74) is 2.36. The average molecular weight is 431 g/mol. The maximum Gasteiger partial charge on any atom is 0.241 e. The fourth-order valence-electron chi connectivity index (χ4n) is 3.86. The summed E-state index contributed by atoms with van der Waals surface area (Å²) in [6.07, 6.45) is 5.47. The molecule has 0 saturated carbocycles. The molecule has 3 aromatic rings. The Hall–Kier alpha value is -3.81. The molecule has 162 valence electrons. The molecule has 3 N–H and O–H groups in total. The van der Waals surface area contributed by atoms with Gasteiger partial charge in [-0.1, -0.05) is 0 Å². The van der Waals surface area contributed by atoms with Crippen LogP contribution in [-0.4, -0.2) is 52.7 Å². The molecule has 0 radical (unpaired) electrons. The second-order valence-corrected chi connectivity index (χ2v) is 7.64. The molecule has 0 aromatic carbocycles. The maximum absolute atomic E-state index is 12.8. The monoisotopic (exact) mass is 431 g/mol. The van der Waals surface area contributed by atoms with Crippen molar-refractivity contribution in [2.45, 2.75) is 25.0 Å². The summed E-state index contributed by atoms with van der Waals surface area (Å²) in [6.45, 7) is 2.31. The first-order valence-corrected chi connectivity index (χ1v) is 10.4. The van der Waals surface area contributed by atoms with Crippen LogP contribution in [0.25, 0.3) is 10.9 Å². The number of nitriles is 1. The number of hydrogen-bond donors (Lipinski definition) is 3. The number of nitrogens with one attached hydrogen (secondary N) is 3. The van der Waals surface area contributed by atoms with Gasteiger partial charge in [-0.25, -0.2) is 4.98 Å². The quantitative estimate of drug-likeness (QED) is 0.543. The summed E-state index contributed by atoms with van der Waals surface area (Å²) >= 11 is 0. The molecule has 2 aliphatic heterocycles. The van der Waals surface area contributed by atoms with Gasteiger partial charge in [-0.05, 0) is 18.6 Å². The van der Waals surface area contributed by atoms with E-state index in [0.717, 1.165) is 5.69 Å². The molecule has 10 heteroatoms. The summed E-state index contributed by atoms with van der Waals surface area (Å²) in [5, 5.41) is 19.5. The van der Waals surface area contributed by atoms with Crippen LogP contribution in [0.4, 0.5) is 5.69 Å². The molecule has 3 aromatic heterocycles. The Morgan fingerprint density at radius 3 is 2.94 bits per heavy atom. The first-order valence-electron chi connectivity index (χ1n) is 10.4. The Labute approximate surface area is 184 Å². The number of fused-ring (bicyclic) bond motifs is 2. The van der Waals surface area contributed by atoms with Gasteiger partial charge >= 0.3 is 0 Å². The van der Waals surface area contributed by atoms with Crippen molar-refractivity contribution >= 4 is 22.5 Å². The van der Waals surface area contributed by atoms with Crippen molar-refractivity contribution in [3.63, 3.8) is 0 Å². The minimum atomic E-state index is -0.332. The van der Waals surface area contributed by atoms with Gasteiger partial charge in [-0.3, -0.25) is 14.8 Å². The van der Waals surface area contributed by atoms with Crippen molar-refractivity contribution < 1.29 is 14.3 Å². The second-order valence-electron chi connectivity index (χ2n) is 7.64.